The number of benzene rings is 1. The summed E-state index contributed by atoms with van der Waals surface area (Å²) in [6.45, 7) is 3.40. The number of aliphatic hydroxyl groups is 1. The van der Waals surface area contributed by atoms with Crippen molar-refractivity contribution in [3.63, 3.8) is 0 Å². The molecule has 0 fully saturated rings. The van der Waals surface area contributed by atoms with Gasteiger partial charge in [0.15, 0.2) is 6.23 Å². The first-order chi connectivity index (χ1) is 7.54. The highest BCUT2D eigenvalue weighted by molar-refractivity contribution is 6.08. The van der Waals surface area contributed by atoms with Crippen LogP contribution in [0.5, 0.6) is 0 Å². The van der Waals surface area contributed by atoms with E-state index in [1.165, 1.54) is 0 Å². The molecule has 0 bridgehead atoms. The normalized spacial score (nSPS) is 19.1. The van der Waals surface area contributed by atoms with Gasteiger partial charge in [0, 0.05) is 17.0 Å². The molecule has 1 heterocycles. The van der Waals surface area contributed by atoms with E-state index in [0.29, 0.717) is 11.1 Å². The van der Waals surface area contributed by atoms with Gasteiger partial charge in [-0.25, -0.2) is 4.90 Å². The molecule has 0 aliphatic carbocycles. The molecule has 2 amide bonds. The number of carbonyl (C=O) groups is 2. The van der Waals surface area contributed by atoms with Gasteiger partial charge in [-0.3, -0.25) is 9.59 Å². The van der Waals surface area contributed by atoms with Crippen LogP contribution < -0.4 is 0 Å². The van der Waals surface area contributed by atoms with Crippen LogP contribution in [-0.4, -0.2) is 21.8 Å². The fraction of sp³-hybridized carbons (Fsp3) is 0.333. The van der Waals surface area contributed by atoms with E-state index in [2.05, 4.69) is 0 Å². The summed E-state index contributed by atoms with van der Waals surface area (Å²) in [6, 6.07) is 6.73. The van der Waals surface area contributed by atoms with E-state index in [1.807, 2.05) is 0 Å². The summed E-state index contributed by atoms with van der Waals surface area (Å²) in [5.74, 6) is -1.08. The molecule has 1 N–H and O–H groups in total. The largest absolute Gasteiger partial charge is 0.369 e. The third-order valence-corrected chi connectivity index (χ3v) is 2.66. The lowest BCUT2D eigenvalue weighted by atomic mass is 10.1. The van der Waals surface area contributed by atoms with Gasteiger partial charge in [-0.15, -0.1) is 0 Å². The Morgan fingerprint density at radius 3 is 2.56 bits per heavy atom. The van der Waals surface area contributed by atoms with E-state index in [0.717, 1.165) is 4.90 Å². The Morgan fingerprint density at radius 1 is 1.38 bits per heavy atom. The van der Waals surface area contributed by atoms with Crippen LogP contribution in [0.4, 0.5) is 0 Å². The predicted octanol–water partition coefficient (Wildman–Crippen LogP) is 1.32. The Labute approximate surface area is 93.5 Å². The summed E-state index contributed by atoms with van der Waals surface area (Å²) in [7, 11) is 0. The van der Waals surface area contributed by atoms with Gasteiger partial charge in [-0.05, 0) is 6.07 Å². The van der Waals surface area contributed by atoms with Crippen molar-refractivity contribution in [2.24, 2.45) is 5.92 Å². The summed E-state index contributed by atoms with van der Waals surface area (Å²) in [5, 5.41) is 9.92. The molecule has 0 spiro atoms. The Hall–Kier alpha value is -1.68. The van der Waals surface area contributed by atoms with Crippen LogP contribution in [0.2, 0.25) is 0 Å². The molecule has 4 nitrogen and oxygen atoms in total. The molecule has 84 valence electrons. The van der Waals surface area contributed by atoms with E-state index in [4.69, 9.17) is 0 Å². The highest BCUT2D eigenvalue weighted by atomic mass is 16.3. The summed E-state index contributed by atoms with van der Waals surface area (Å²) < 4.78 is 0. The molecule has 0 radical (unpaired) electrons. The van der Waals surface area contributed by atoms with Gasteiger partial charge in [-0.2, -0.15) is 0 Å². The number of rotatable bonds is 1. The Morgan fingerprint density at radius 2 is 2.00 bits per heavy atom. The van der Waals surface area contributed by atoms with Gasteiger partial charge in [0.25, 0.3) is 5.91 Å². The number of fused-ring (bicyclic) bond motifs is 1. The molecule has 1 aromatic rings. The highest BCUT2D eigenvalue weighted by Crippen LogP contribution is 2.32. The molecule has 0 saturated heterocycles. The molecule has 0 saturated carbocycles. The van der Waals surface area contributed by atoms with Crippen molar-refractivity contribution < 1.29 is 14.7 Å². The first-order valence-corrected chi connectivity index (χ1v) is 5.18. The van der Waals surface area contributed by atoms with Gasteiger partial charge in [0.2, 0.25) is 5.91 Å². The van der Waals surface area contributed by atoms with E-state index >= 15 is 0 Å². The first-order valence-electron chi connectivity index (χ1n) is 5.18. The molecule has 16 heavy (non-hydrogen) atoms. The topological polar surface area (TPSA) is 57.6 Å². The van der Waals surface area contributed by atoms with Crippen LogP contribution in [0.3, 0.4) is 0 Å². The summed E-state index contributed by atoms with van der Waals surface area (Å²) >= 11 is 0. The van der Waals surface area contributed by atoms with Crippen LogP contribution in [0, 0.1) is 5.92 Å². The quantitative estimate of drug-likeness (QED) is 0.774. The fourth-order valence-electron chi connectivity index (χ4n) is 1.80. The average Bonchev–Trinajstić information content (AvgIpc) is 2.52. The van der Waals surface area contributed by atoms with Gasteiger partial charge in [0.05, 0.1) is 0 Å². The van der Waals surface area contributed by atoms with E-state index in [1.54, 1.807) is 38.1 Å². The van der Waals surface area contributed by atoms with Gasteiger partial charge < -0.3 is 5.11 Å². The van der Waals surface area contributed by atoms with Crippen molar-refractivity contribution in [3.8, 4) is 0 Å². The number of aliphatic hydroxyl groups excluding tert-OH is 1. The minimum Gasteiger partial charge on any atom is -0.369 e. The Balaban J connectivity index is 2.42. The number of hydrogen-bond donors (Lipinski definition) is 1. The lowest BCUT2D eigenvalue weighted by Crippen LogP contribution is -2.37. The van der Waals surface area contributed by atoms with Crippen molar-refractivity contribution in [2.75, 3.05) is 0 Å². The average molecular weight is 219 g/mol. The Kier molecular flexibility index (Phi) is 2.52. The fourth-order valence-corrected chi connectivity index (χ4v) is 1.80. The van der Waals surface area contributed by atoms with Crippen LogP contribution in [0.1, 0.15) is 36.0 Å². The number of hydrogen-bond acceptors (Lipinski definition) is 3. The maximum absolute atomic E-state index is 11.9. The third kappa shape index (κ3) is 1.42. The second-order valence-corrected chi connectivity index (χ2v) is 4.13. The molecule has 0 unspecified atom stereocenters. The zero-order chi connectivity index (χ0) is 11.9. The van der Waals surface area contributed by atoms with Crippen LogP contribution >= 0.6 is 0 Å². The van der Waals surface area contributed by atoms with E-state index < -0.39 is 12.1 Å². The number of imide groups is 1. The summed E-state index contributed by atoms with van der Waals surface area (Å²) in [5.41, 5.74) is 0.908. The van der Waals surface area contributed by atoms with Crippen LogP contribution in [0.25, 0.3) is 0 Å². The van der Waals surface area contributed by atoms with Gasteiger partial charge >= 0.3 is 0 Å². The van der Waals surface area contributed by atoms with Crippen molar-refractivity contribution in [1.82, 2.24) is 4.90 Å². The molecular formula is C12H13NO3. The van der Waals surface area contributed by atoms with Crippen molar-refractivity contribution >= 4 is 11.8 Å². The Bertz CT molecular complexity index is 453. The first kappa shape index (κ1) is 10.8. The monoisotopic (exact) mass is 219 g/mol. The number of nitrogens with zero attached hydrogens (tertiary/aromatic N) is 1. The molecule has 0 aromatic heterocycles. The molecule has 1 aromatic carbocycles. The third-order valence-electron chi connectivity index (χ3n) is 2.66. The number of carbonyl (C=O) groups excluding carboxylic acids is 2. The van der Waals surface area contributed by atoms with E-state index in [-0.39, 0.29) is 11.8 Å². The lowest BCUT2D eigenvalue weighted by molar-refractivity contribution is -0.139. The number of amides is 2. The zero-order valence-electron chi connectivity index (χ0n) is 9.18. The summed E-state index contributed by atoms with van der Waals surface area (Å²) in [6.07, 6.45) is -1.14. The van der Waals surface area contributed by atoms with Gasteiger partial charge in [0.1, 0.15) is 0 Å². The zero-order valence-corrected chi connectivity index (χ0v) is 9.18. The smallest absolute Gasteiger partial charge is 0.263 e. The minimum atomic E-state index is -1.14. The second-order valence-electron chi connectivity index (χ2n) is 4.13. The van der Waals surface area contributed by atoms with Crippen molar-refractivity contribution in [2.45, 2.75) is 20.1 Å². The van der Waals surface area contributed by atoms with Crippen molar-refractivity contribution in [1.29, 1.82) is 0 Å². The van der Waals surface area contributed by atoms with E-state index in [9.17, 15) is 14.7 Å². The molecule has 2 rings (SSSR count). The molecule has 1 atom stereocenters. The maximum Gasteiger partial charge on any atom is 0.263 e. The van der Waals surface area contributed by atoms with Gasteiger partial charge in [-0.1, -0.05) is 32.0 Å². The SMILES string of the molecule is CC(C)C(=O)N1C(=O)c2ccccc2[C@H]1O. The highest BCUT2D eigenvalue weighted by Gasteiger charge is 2.39. The van der Waals surface area contributed by atoms with Crippen LogP contribution in [0.15, 0.2) is 24.3 Å². The molecule has 1 aliphatic rings. The standard InChI is InChI=1S/C12H13NO3/c1-7(2)10(14)13-11(15)8-5-3-4-6-9(8)12(13)16/h3-7,11,15H,1-2H3/t11-/m1/s1. The van der Waals surface area contributed by atoms with Crippen molar-refractivity contribution in [3.05, 3.63) is 35.4 Å². The molecule has 1 aliphatic heterocycles. The predicted molar refractivity (Wildman–Crippen MR) is 57.4 cm³/mol. The maximum atomic E-state index is 11.9. The second kappa shape index (κ2) is 3.72. The van der Waals surface area contributed by atoms with Crippen LogP contribution in [-0.2, 0) is 4.79 Å². The minimum absolute atomic E-state index is 0.312. The summed E-state index contributed by atoms with van der Waals surface area (Å²) in [4.78, 5) is 24.6. The molecular weight excluding hydrogens is 206 g/mol. The molecule has 4 heteroatoms. The lowest BCUT2D eigenvalue weighted by Gasteiger charge is -2.20.